The van der Waals surface area contributed by atoms with E-state index in [9.17, 15) is 19.8 Å². The molecule has 37 heavy (non-hydrogen) atoms. The van der Waals surface area contributed by atoms with Crippen LogP contribution in [-0.4, -0.2) is 90.3 Å². The van der Waals surface area contributed by atoms with Crippen LogP contribution in [0, 0.1) is 3.57 Å². The Morgan fingerprint density at radius 1 is 1.24 bits per heavy atom. The van der Waals surface area contributed by atoms with E-state index in [0.29, 0.717) is 65.2 Å². The standard InChI is InChI=1S/C26H39IN2O8/c1-4-7-23(32)29(9-6-11-36-5-2)20-14-18(26(34)28-8-10-30)15-21(24(20)33)37-25-19(27)12-17(16-31)13-22(25)35-3/h12-13,15,20-21,24,30-31,33H,4-11,14,16H2,1-3H3,(H,28,34). The normalized spacial score (nSPS) is 19.2. The Morgan fingerprint density at radius 2 is 2.00 bits per heavy atom. The molecule has 3 atom stereocenters. The van der Waals surface area contributed by atoms with Crippen molar-refractivity contribution >= 4 is 34.4 Å². The fraction of sp³-hybridized carbons (Fsp3) is 0.615. The molecule has 1 aromatic rings. The minimum Gasteiger partial charge on any atom is -0.493 e. The zero-order valence-corrected chi connectivity index (χ0v) is 23.9. The second-order valence-corrected chi connectivity index (χ2v) is 9.83. The highest BCUT2D eigenvalue weighted by Gasteiger charge is 2.40. The van der Waals surface area contributed by atoms with E-state index in [2.05, 4.69) is 27.9 Å². The monoisotopic (exact) mass is 634 g/mol. The predicted octanol–water partition coefficient (Wildman–Crippen LogP) is 1.76. The molecule has 0 saturated heterocycles. The number of amides is 2. The lowest BCUT2D eigenvalue weighted by Crippen LogP contribution is -2.55. The Kier molecular flexibility index (Phi) is 13.6. The highest BCUT2D eigenvalue weighted by Crippen LogP contribution is 2.37. The van der Waals surface area contributed by atoms with Crippen molar-refractivity contribution in [2.75, 3.05) is 40.0 Å². The number of methoxy groups -OCH3 is 1. The Hall–Kier alpha value is -1.93. The molecule has 0 heterocycles. The van der Waals surface area contributed by atoms with Crippen LogP contribution in [0.3, 0.4) is 0 Å². The lowest BCUT2D eigenvalue weighted by Gasteiger charge is -2.40. The van der Waals surface area contributed by atoms with Crippen LogP contribution in [0.4, 0.5) is 0 Å². The maximum Gasteiger partial charge on any atom is 0.247 e. The molecule has 3 unspecified atom stereocenters. The van der Waals surface area contributed by atoms with Gasteiger partial charge in [0.2, 0.25) is 11.8 Å². The minimum atomic E-state index is -1.12. The Bertz CT molecular complexity index is 926. The molecule has 0 bridgehead atoms. The quantitative estimate of drug-likeness (QED) is 0.169. The molecule has 208 valence electrons. The van der Waals surface area contributed by atoms with E-state index in [0.717, 1.165) is 0 Å². The highest BCUT2D eigenvalue weighted by molar-refractivity contribution is 14.1. The summed E-state index contributed by atoms with van der Waals surface area (Å²) in [5.41, 5.74) is 0.995. The summed E-state index contributed by atoms with van der Waals surface area (Å²) >= 11 is 2.06. The van der Waals surface area contributed by atoms with Crippen LogP contribution in [0.25, 0.3) is 0 Å². The molecule has 4 N–H and O–H groups in total. The third kappa shape index (κ3) is 8.81. The number of nitrogens with zero attached hydrogens (tertiary/aromatic N) is 1. The first-order chi connectivity index (χ1) is 17.8. The summed E-state index contributed by atoms with van der Waals surface area (Å²) in [5.74, 6) is 0.229. The van der Waals surface area contributed by atoms with Gasteiger partial charge in [0.05, 0.1) is 29.9 Å². The van der Waals surface area contributed by atoms with Gasteiger partial charge in [0.1, 0.15) is 12.2 Å². The lowest BCUT2D eigenvalue weighted by atomic mass is 9.87. The second kappa shape index (κ2) is 16.1. The lowest BCUT2D eigenvalue weighted by molar-refractivity contribution is -0.139. The Labute approximate surface area is 232 Å². The van der Waals surface area contributed by atoms with Gasteiger partial charge in [-0.15, -0.1) is 0 Å². The SMILES string of the molecule is CCCC(=O)N(CCCOCC)C1CC(C(=O)NCCO)=CC(Oc2c(I)cc(CO)cc2OC)C1O. The molecule has 0 radical (unpaired) electrons. The fourth-order valence-electron chi connectivity index (χ4n) is 4.21. The first-order valence-electron chi connectivity index (χ1n) is 12.6. The van der Waals surface area contributed by atoms with Crippen molar-refractivity contribution in [3.05, 3.63) is 32.9 Å². The third-order valence-electron chi connectivity index (χ3n) is 6.02. The van der Waals surface area contributed by atoms with Gasteiger partial charge in [-0.3, -0.25) is 9.59 Å². The van der Waals surface area contributed by atoms with Gasteiger partial charge in [0.25, 0.3) is 0 Å². The Morgan fingerprint density at radius 3 is 2.62 bits per heavy atom. The zero-order valence-electron chi connectivity index (χ0n) is 21.7. The van der Waals surface area contributed by atoms with Crippen LogP contribution in [0.15, 0.2) is 23.8 Å². The van der Waals surface area contributed by atoms with Crippen molar-refractivity contribution in [1.29, 1.82) is 0 Å². The van der Waals surface area contributed by atoms with Gasteiger partial charge >= 0.3 is 0 Å². The molecule has 0 saturated carbocycles. The second-order valence-electron chi connectivity index (χ2n) is 8.67. The number of hydrogen-bond acceptors (Lipinski definition) is 8. The molecule has 0 aliphatic heterocycles. The van der Waals surface area contributed by atoms with Crippen molar-refractivity contribution in [2.45, 2.75) is 64.4 Å². The minimum absolute atomic E-state index is 0.0795. The van der Waals surface area contributed by atoms with Gasteiger partial charge in [0, 0.05) is 44.7 Å². The summed E-state index contributed by atoms with van der Waals surface area (Å²) < 4.78 is 17.8. The molecular formula is C26H39IN2O8. The van der Waals surface area contributed by atoms with Crippen LogP contribution < -0.4 is 14.8 Å². The average Bonchev–Trinajstić information content (AvgIpc) is 2.89. The Balaban J connectivity index is 2.45. The topological polar surface area (TPSA) is 138 Å². The van der Waals surface area contributed by atoms with E-state index in [1.165, 1.54) is 7.11 Å². The van der Waals surface area contributed by atoms with Crippen LogP contribution in [0.1, 0.15) is 45.1 Å². The van der Waals surface area contributed by atoms with Crippen molar-refractivity contribution in [3.8, 4) is 11.5 Å². The van der Waals surface area contributed by atoms with E-state index >= 15 is 0 Å². The van der Waals surface area contributed by atoms with Crippen molar-refractivity contribution in [2.24, 2.45) is 0 Å². The van der Waals surface area contributed by atoms with Crippen LogP contribution >= 0.6 is 22.6 Å². The van der Waals surface area contributed by atoms with E-state index < -0.39 is 24.2 Å². The molecule has 11 heteroatoms. The van der Waals surface area contributed by atoms with Gasteiger partial charge in [-0.05, 0) is 66.1 Å². The number of carbonyl (C=O) groups excluding carboxylic acids is 2. The predicted molar refractivity (Wildman–Crippen MR) is 146 cm³/mol. The van der Waals surface area contributed by atoms with Gasteiger partial charge in [-0.25, -0.2) is 0 Å². The maximum atomic E-state index is 13.1. The molecule has 1 aliphatic carbocycles. The number of aliphatic hydroxyl groups is 3. The number of aliphatic hydroxyl groups excluding tert-OH is 3. The van der Waals surface area contributed by atoms with E-state index in [1.54, 1.807) is 23.1 Å². The van der Waals surface area contributed by atoms with Crippen LogP contribution in [-0.2, 0) is 20.9 Å². The van der Waals surface area contributed by atoms with Crippen molar-refractivity contribution < 1.29 is 39.1 Å². The maximum absolute atomic E-state index is 13.1. The highest BCUT2D eigenvalue weighted by atomic mass is 127. The number of rotatable bonds is 15. The van der Waals surface area contributed by atoms with Crippen LogP contribution in [0.2, 0.25) is 0 Å². The van der Waals surface area contributed by atoms with E-state index in [4.69, 9.17) is 19.3 Å². The molecule has 1 aliphatic rings. The number of carbonyl (C=O) groups is 2. The number of ether oxygens (including phenoxy) is 3. The smallest absolute Gasteiger partial charge is 0.247 e. The largest absolute Gasteiger partial charge is 0.493 e. The third-order valence-corrected chi connectivity index (χ3v) is 6.82. The van der Waals surface area contributed by atoms with Crippen molar-refractivity contribution in [3.63, 3.8) is 0 Å². The molecule has 0 fully saturated rings. The fourth-order valence-corrected chi connectivity index (χ4v) is 5.00. The summed E-state index contributed by atoms with van der Waals surface area (Å²) in [6.45, 7) is 4.91. The zero-order chi connectivity index (χ0) is 27.4. The summed E-state index contributed by atoms with van der Waals surface area (Å²) in [6, 6.07) is 2.69. The van der Waals surface area contributed by atoms with Gasteiger partial charge in [0.15, 0.2) is 11.5 Å². The van der Waals surface area contributed by atoms with Gasteiger partial charge in [-0.1, -0.05) is 6.92 Å². The van der Waals surface area contributed by atoms with E-state index in [1.807, 2.05) is 13.8 Å². The van der Waals surface area contributed by atoms with Crippen LogP contribution in [0.5, 0.6) is 11.5 Å². The van der Waals surface area contributed by atoms with E-state index in [-0.39, 0.29) is 32.1 Å². The molecule has 0 spiro atoms. The summed E-state index contributed by atoms with van der Waals surface area (Å²) in [7, 11) is 1.48. The molecule has 2 amide bonds. The number of hydrogen-bond donors (Lipinski definition) is 4. The number of benzene rings is 1. The van der Waals surface area contributed by atoms with Crippen molar-refractivity contribution in [1.82, 2.24) is 10.2 Å². The van der Waals surface area contributed by atoms with Gasteiger partial charge in [-0.2, -0.15) is 0 Å². The summed E-state index contributed by atoms with van der Waals surface area (Å²) in [4.78, 5) is 27.7. The first kappa shape index (κ1) is 31.3. The summed E-state index contributed by atoms with van der Waals surface area (Å²) in [5, 5.41) is 32.8. The molecule has 1 aromatic carbocycles. The summed E-state index contributed by atoms with van der Waals surface area (Å²) in [6.07, 6.45) is 1.16. The molecule has 10 nitrogen and oxygen atoms in total. The number of halogens is 1. The molecule has 0 aromatic heterocycles. The average molecular weight is 635 g/mol. The molecule has 2 rings (SSSR count). The number of nitrogens with one attached hydrogen (secondary N) is 1. The molecular weight excluding hydrogens is 595 g/mol. The first-order valence-corrected chi connectivity index (χ1v) is 13.7. The van der Waals surface area contributed by atoms with Gasteiger partial charge < -0.3 is 39.7 Å².